The van der Waals surface area contributed by atoms with Gasteiger partial charge in [0, 0.05) is 18.8 Å². The van der Waals surface area contributed by atoms with Gasteiger partial charge in [-0.25, -0.2) is 17.9 Å². The van der Waals surface area contributed by atoms with E-state index in [4.69, 9.17) is 0 Å². The van der Waals surface area contributed by atoms with Gasteiger partial charge in [0.25, 0.3) is 5.91 Å². The van der Waals surface area contributed by atoms with Crippen molar-refractivity contribution in [1.29, 1.82) is 0 Å². The minimum atomic E-state index is -3.70. The molecule has 3 aromatic carbocycles. The molecular weight excluding hydrogens is 506 g/mol. The average molecular weight is 540 g/mol. The number of hydrogen-bond donors (Lipinski definition) is 4. The molecule has 3 aromatic rings. The lowest BCUT2D eigenvalue weighted by atomic mass is 10.00. The first-order chi connectivity index (χ1) is 18.1. The van der Waals surface area contributed by atoms with Crippen molar-refractivity contribution in [2.75, 3.05) is 31.2 Å². The smallest absolute Gasteiger partial charge is 0.407 e. The Morgan fingerprint density at radius 3 is 2.24 bits per heavy atom. The summed E-state index contributed by atoms with van der Waals surface area (Å²) in [6.07, 6.45) is 0.224. The van der Waals surface area contributed by atoms with Crippen molar-refractivity contribution in [1.82, 2.24) is 9.62 Å². The highest BCUT2D eigenvalue weighted by Gasteiger charge is 2.18. The molecule has 202 valence electrons. The molecule has 0 aliphatic heterocycles. The minimum absolute atomic E-state index is 0.0236. The molecule has 4 N–H and O–H groups in total. The third-order valence-corrected chi connectivity index (χ3v) is 6.47. The molecule has 2 amide bonds. The molecule has 0 saturated carbocycles. The number of carbonyl (C=O) groups excluding carboxylic acids is 1. The Bertz CT molecular complexity index is 1340. The zero-order chi connectivity index (χ0) is 27.7. The number of carboxylic acid groups (broad SMARTS) is 1. The Morgan fingerprint density at radius 2 is 1.63 bits per heavy atom. The summed E-state index contributed by atoms with van der Waals surface area (Å²) < 4.78 is 25.0. The van der Waals surface area contributed by atoms with E-state index < -0.39 is 28.1 Å². The maximum Gasteiger partial charge on any atom is 0.407 e. The van der Waals surface area contributed by atoms with Gasteiger partial charge in [-0.05, 0) is 47.2 Å². The number of sulfonamides is 1. The molecule has 0 radical (unpaired) electrons. The van der Waals surface area contributed by atoms with E-state index in [1.807, 2.05) is 42.0 Å². The van der Waals surface area contributed by atoms with Crippen LogP contribution in [0.5, 0.6) is 0 Å². The molecule has 3 rings (SSSR count). The van der Waals surface area contributed by atoms with Crippen molar-refractivity contribution in [3.8, 4) is 11.1 Å². The number of rotatable bonds is 12. The lowest BCUT2D eigenvalue weighted by molar-refractivity contribution is 0.0972. The molecule has 10 heteroatoms. The molecule has 0 fully saturated rings. The van der Waals surface area contributed by atoms with E-state index in [1.54, 1.807) is 42.5 Å². The molecule has 0 saturated heterocycles. The summed E-state index contributed by atoms with van der Waals surface area (Å²) in [5.41, 5.74) is 4.08. The van der Waals surface area contributed by atoms with E-state index in [0.29, 0.717) is 24.2 Å². The molecular formula is C28H33N3O6S. The summed E-state index contributed by atoms with van der Waals surface area (Å²) in [6, 6.07) is 21.7. The second-order valence-electron chi connectivity index (χ2n) is 8.99. The van der Waals surface area contributed by atoms with E-state index in [-0.39, 0.29) is 18.7 Å². The monoisotopic (exact) mass is 539 g/mol. The van der Waals surface area contributed by atoms with Crippen LogP contribution in [0, 0.1) is 0 Å². The van der Waals surface area contributed by atoms with E-state index in [0.717, 1.165) is 29.4 Å². The molecule has 0 heterocycles. The van der Waals surface area contributed by atoms with Crippen molar-refractivity contribution in [2.45, 2.75) is 25.9 Å². The quantitative estimate of drug-likeness (QED) is 0.272. The average Bonchev–Trinajstić information content (AvgIpc) is 2.89. The Labute approximate surface area is 223 Å². The Kier molecular flexibility index (Phi) is 9.86. The number of amides is 2. The number of aliphatic hydroxyl groups excluding tert-OH is 1. The van der Waals surface area contributed by atoms with Gasteiger partial charge in [-0.1, -0.05) is 67.6 Å². The zero-order valence-corrected chi connectivity index (χ0v) is 22.2. The number of hydrogen-bond acceptors (Lipinski definition) is 6. The van der Waals surface area contributed by atoms with Gasteiger partial charge in [0.1, 0.15) is 0 Å². The van der Waals surface area contributed by atoms with Crippen LogP contribution in [0.3, 0.4) is 0 Å². The maximum absolute atomic E-state index is 12.5. The van der Waals surface area contributed by atoms with E-state index in [1.165, 1.54) is 4.90 Å². The lowest BCUT2D eigenvalue weighted by Crippen LogP contribution is -2.35. The van der Waals surface area contributed by atoms with Crippen LogP contribution in [-0.4, -0.2) is 61.4 Å². The SMILES string of the molecule is CCCNc1cc(-c2ccc(CCN(C[C@@H](O)c3ccccc3)C(=O)O)cc2)ccc1C(=O)NS(C)(=O)=O. The van der Waals surface area contributed by atoms with Crippen molar-refractivity contribution in [3.05, 3.63) is 89.5 Å². The van der Waals surface area contributed by atoms with Crippen LogP contribution >= 0.6 is 0 Å². The molecule has 0 unspecified atom stereocenters. The Balaban J connectivity index is 1.71. The summed E-state index contributed by atoms with van der Waals surface area (Å²) >= 11 is 0. The molecule has 38 heavy (non-hydrogen) atoms. The first-order valence-electron chi connectivity index (χ1n) is 12.3. The number of aliphatic hydroxyl groups is 1. The fraction of sp³-hybridized carbons (Fsp3) is 0.286. The molecule has 0 bridgehead atoms. The number of benzene rings is 3. The summed E-state index contributed by atoms with van der Waals surface area (Å²) in [5.74, 6) is -0.701. The second-order valence-corrected chi connectivity index (χ2v) is 10.7. The van der Waals surface area contributed by atoms with Crippen LogP contribution in [-0.2, 0) is 16.4 Å². The Hall–Kier alpha value is -3.89. The predicted molar refractivity (Wildman–Crippen MR) is 148 cm³/mol. The van der Waals surface area contributed by atoms with E-state index in [9.17, 15) is 28.2 Å². The first-order valence-corrected chi connectivity index (χ1v) is 14.2. The Morgan fingerprint density at radius 1 is 0.974 bits per heavy atom. The van der Waals surface area contributed by atoms with Crippen molar-refractivity contribution in [3.63, 3.8) is 0 Å². The van der Waals surface area contributed by atoms with Gasteiger partial charge in [-0.3, -0.25) is 4.79 Å². The van der Waals surface area contributed by atoms with Crippen molar-refractivity contribution in [2.24, 2.45) is 0 Å². The predicted octanol–water partition coefficient (Wildman–Crippen LogP) is 4.12. The molecule has 0 aliphatic carbocycles. The second kappa shape index (κ2) is 13.1. The van der Waals surface area contributed by atoms with Gasteiger partial charge in [-0.2, -0.15) is 0 Å². The van der Waals surface area contributed by atoms with Gasteiger partial charge < -0.3 is 20.4 Å². The third kappa shape index (κ3) is 8.32. The van der Waals surface area contributed by atoms with E-state index >= 15 is 0 Å². The summed E-state index contributed by atoms with van der Waals surface area (Å²) in [5, 5.41) is 23.2. The van der Waals surface area contributed by atoms with Crippen LogP contribution in [0.1, 0.15) is 40.9 Å². The molecule has 0 aliphatic rings. The van der Waals surface area contributed by atoms with Gasteiger partial charge in [0.15, 0.2) is 0 Å². The third-order valence-electron chi connectivity index (χ3n) is 5.91. The number of nitrogens with one attached hydrogen (secondary N) is 2. The maximum atomic E-state index is 12.5. The van der Waals surface area contributed by atoms with Crippen molar-refractivity contribution >= 4 is 27.7 Å². The molecule has 1 atom stereocenters. The highest BCUT2D eigenvalue weighted by atomic mass is 32.2. The van der Waals surface area contributed by atoms with Crippen LogP contribution in [0.4, 0.5) is 10.5 Å². The molecule has 9 nitrogen and oxygen atoms in total. The van der Waals surface area contributed by atoms with Gasteiger partial charge in [0.05, 0.1) is 24.5 Å². The zero-order valence-electron chi connectivity index (χ0n) is 21.4. The number of anilines is 1. The molecule has 0 spiro atoms. The van der Waals surface area contributed by atoms with Gasteiger partial charge >= 0.3 is 6.09 Å². The van der Waals surface area contributed by atoms with E-state index in [2.05, 4.69) is 5.32 Å². The number of carbonyl (C=O) groups is 2. The highest BCUT2D eigenvalue weighted by Crippen LogP contribution is 2.27. The topological polar surface area (TPSA) is 136 Å². The van der Waals surface area contributed by atoms with Crippen molar-refractivity contribution < 1.29 is 28.2 Å². The highest BCUT2D eigenvalue weighted by molar-refractivity contribution is 7.89. The fourth-order valence-electron chi connectivity index (χ4n) is 3.93. The largest absolute Gasteiger partial charge is 0.465 e. The van der Waals surface area contributed by atoms with Crippen LogP contribution in [0.25, 0.3) is 11.1 Å². The van der Waals surface area contributed by atoms with Crippen LogP contribution in [0.2, 0.25) is 0 Å². The number of nitrogens with zero attached hydrogens (tertiary/aromatic N) is 1. The summed E-state index contributed by atoms with van der Waals surface area (Å²) in [6.45, 7) is 2.80. The fourth-order valence-corrected chi connectivity index (χ4v) is 4.38. The summed E-state index contributed by atoms with van der Waals surface area (Å²) in [4.78, 5) is 25.4. The van der Waals surface area contributed by atoms with Gasteiger partial charge in [0.2, 0.25) is 10.0 Å². The van der Waals surface area contributed by atoms with Gasteiger partial charge in [-0.15, -0.1) is 0 Å². The molecule has 0 aromatic heterocycles. The summed E-state index contributed by atoms with van der Waals surface area (Å²) in [7, 11) is -3.70. The minimum Gasteiger partial charge on any atom is -0.465 e. The lowest BCUT2D eigenvalue weighted by Gasteiger charge is -2.22. The van der Waals surface area contributed by atoms with Crippen LogP contribution in [0.15, 0.2) is 72.8 Å². The first kappa shape index (κ1) is 28.7. The standard InChI is InChI=1S/C28H33N3O6S/c1-3-16-29-25-18-23(13-14-24(25)27(33)30-38(2,36)37)21-11-9-20(10-12-21)15-17-31(28(34)35)19-26(32)22-7-5-4-6-8-22/h4-14,18,26,29,32H,3,15-17,19H2,1-2H3,(H,30,33)(H,34,35)/t26-/m1/s1. The van der Waals surface area contributed by atoms with Crippen LogP contribution < -0.4 is 10.0 Å². The normalized spacial score (nSPS) is 12.0.